The first kappa shape index (κ1) is 11.1. The van der Waals surface area contributed by atoms with Gasteiger partial charge in [-0.15, -0.1) is 0 Å². The molecule has 0 bridgehead atoms. The first-order valence-corrected chi connectivity index (χ1v) is 5.08. The molecule has 78 valence electrons. The van der Waals surface area contributed by atoms with Crippen molar-refractivity contribution in [3.8, 4) is 0 Å². The molecule has 0 aliphatic carbocycles. The van der Waals surface area contributed by atoms with Gasteiger partial charge >= 0.3 is 0 Å². The van der Waals surface area contributed by atoms with Crippen molar-refractivity contribution in [2.45, 2.75) is 13.8 Å². The van der Waals surface area contributed by atoms with Crippen LogP contribution in [0.1, 0.15) is 11.1 Å². The number of anilines is 1. The van der Waals surface area contributed by atoms with Crippen LogP contribution in [0.4, 0.5) is 5.69 Å². The van der Waals surface area contributed by atoms with Gasteiger partial charge in [0.05, 0.1) is 0 Å². The van der Waals surface area contributed by atoms with Crippen LogP contribution in [0.5, 0.6) is 0 Å². The van der Waals surface area contributed by atoms with Crippen LogP contribution in [0.2, 0.25) is 0 Å². The molecule has 0 unspecified atom stereocenters. The highest BCUT2D eigenvalue weighted by molar-refractivity contribution is 5.55. The van der Waals surface area contributed by atoms with Crippen molar-refractivity contribution in [2.24, 2.45) is 0 Å². The minimum absolute atomic E-state index is 1.02. The van der Waals surface area contributed by atoms with Crippen LogP contribution in [0.3, 0.4) is 0 Å². The van der Waals surface area contributed by atoms with Crippen LogP contribution < -0.4 is 10.2 Å². The molecule has 1 N–H and O–H groups in total. The molecule has 0 spiro atoms. The van der Waals surface area contributed by atoms with Gasteiger partial charge in [-0.3, -0.25) is 0 Å². The Bertz CT molecular complexity index is 294. The summed E-state index contributed by atoms with van der Waals surface area (Å²) in [5.41, 5.74) is 4.07. The van der Waals surface area contributed by atoms with Gasteiger partial charge < -0.3 is 10.2 Å². The van der Waals surface area contributed by atoms with Crippen LogP contribution in [0.15, 0.2) is 18.2 Å². The Morgan fingerprint density at radius 2 is 2.00 bits per heavy atom. The molecule has 2 heteroatoms. The van der Waals surface area contributed by atoms with E-state index in [9.17, 15) is 0 Å². The van der Waals surface area contributed by atoms with Gasteiger partial charge in [0.25, 0.3) is 0 Å². The predicted octanol–water partition coefficient (Wildman–Crippen LogP) is 1.96. The Morgan fingerprint density at radius 1 is 1.29 bits per heavy atom. The van der Waals surface area contributed by atoms with Crippen molar-refractivity contribution in [1.82, 2.24) is 5.32 Å². The lowest BCUT2D eigenvalue weighted by molar-refractivity contribution is 0.766. The number of hydrogen-bond donors (Lipinski definition) is 1. The topological polar surface area (TPSA) is 15.3 Å². The molecular weight excluding hydrogens is 172 g/mol. The molecule has 0 radical (unpaired) electrons. The Hall–Kier alpha value is -1.02. The monoisotopic (exact) mass is 192 g/mol. The van der Waals surface area contributed by atoms with E-state index in [-0.39, 0.29) is 0 Å². The van der Waals surface area contributed by atoms with Gasteiger partial charge in [0, 0.05) is 25.8 Å². The van der Waals surface area contributed by atoms with Gasteiger partial charge in [0.2, 0.25) is 0 Å². The third-order valence-corrected chi connectivity index (χ3v) is 2.68. The molecule has 1 rings (SSSR count). The van der Waals surface area contributed by atoms with Crippen molar-refractivity contribution >= 4 is 5.69 Å². The zero-order chi connectivity index (χ0) is 10.6. The standard InChI is InChI=1S/C12H20N2/c1-10-6-5-7-12(11(10)2)14(4)9-8-13-3/h5-7,13H,8-9H2,1-4H3. The molecule has 2 nitrogen and oxygen atoms in total. The highest BCUT2D eigenvalue weighted by Crippen LogP contribution is 2.20. The Morgan fingerprint density at radius 3 is 2.64 bits per heavy atom. The molecule has 1 aromatic carbocycles. The van der Waals surface area contributed by atoms with E-state index < -0.39 is 0 Å². The lowest BCUT2D eigenvalue weighted by Gasteiger charge is -2.22. The Kier molecular flexibility index (Phi) is 3.96. The van der Waals surface area contributed by atoms with E-state index >= 15 is 0 Å². The Balaban J connectivity index is 2.79. The molecule has 0 aliphatic rings. The third kappa shape index (κ3) is 2.48. The largest absolute Gasteiger partial charge is 0.373 e. The van der Waals surface area contributed by atoms with Gasteiger partial charge in [-0.2, -0.15) is 0 Å². The van der Waals surface area contributed by atoms with E-state index in [1.807, 2.05) is 7.05 Å². The minimum Gasteiger partial charge on any atom is -0.373 e. The van der Waals surface area contributed by atoms with Crippen LogP contribution >= 0.6 is 0 Å². The summed E-state index contributed by atoms with van der Waals surface area (Å²) in [7, 11) is 4.12. The van der Waals surface area contributed by atoms with Gasteiger partial charge in [-0.05, 0) is 38.1 Å². The average molecular weight is 192 g/mol. The van der Waals surface area contributed by atoms with Crippen molar-refractivity contribution in [3.63, 3.8) is 0 Å². The summed E-state index contributed by atoms with van der Waals surface area (Å²) in [5.74, 6) is 0. The SMILES string of the molecule is CNCCN(C)c1cccc(C)c1C. The summed E-state index contributed by atoms with van der Waals surface area (Å²) in [5, 5.41) is 3.16. The molecule has 0 amide bonds. The number of benzene rings is 1. The van der Waals surface area contributed by atoms with Gasteiger partial charge in [0.1, 0.15) is 0 Å². The molecule has 0 fully saturated rings. The number of rotatable bonds is 4. The van der Waals surface area contributed by atoms with E-state index in [4.69, 9.17) is 0 Å². The second-order valence-corrected chi connectivity index (χ2v) is 3.74. The first-order valence-electron chi connectivity index (χ1n) is 5.08. The summed E-state index contributed by atoms with van der Waals surface area (Å²) in [4.78, 5) is 2.29. The summed E-state index contributed by atoms with van der Waals surface area (Å²) in [6.07, 6.45) is 0. The van der Waals surface area contributed by atoms with E-state index in [1.54, 1.807) is 0 Å². The lowest BCUT2D eigenvalue weighted by Crippen LogP contribution is -2.27. The number of hydrogen-bond acceptors (Lipinski definition) is 2. The molecule has 0 aromatic heterocycles. The highest BCUT2D eigenvalue weighted by Gasteiger charge is 2.04. The fourth-order valence-corrected chi connectivity index (χ4v) is 1.55. The van der Waals surface area contributed by atoms with Crippen LogP contribution in [0.25, 0.3) is 0 Å². The van der Waals surface area contributed by atoms with Crippen molar-refractivity contribution < 1.29 is 0 Å². The Labute approximate surface area is 86.9 Å². The molecule has 0 atom stereocenters. The molecular formula is C12H20N2. The minimum atomic E-state index is 1.02. The molecule has 0 saturated heterocycles. The van der Waals surface area contributed by atoms with Gasteiger partial charge in [-0.1, -0.05) is 12.1 Å². The van der Waals surface area contributed by atoms with E-state index in [0.717, 1.165) is 13.1 Å². The number of nitrogens with one attached hydrogen (secondary N) is 1. The smallest absolute Gasteiger partial charge is 0.0396 e. The van der Waals surface area contributed by atoms with E-state index in [2.05, 4.69) is 49.3 Å². The summed E-state index contributed by atoms with van der Waals surface area (Å²) in [6, 6.07) is 6.45. The number of aryl methyl sites for hydroxylation is 1. The summed E-state index contributed by atoms with van der Waals surface area (Å²) in [6.45, 7) is 6.40. The lowest BCUT2D eigenvalue weighted by atomic mass is 10.1. The van der Waals surface area contributed by atoms with E-state index in [1.165, 1.54) is 16.8 Å². The van der Waals surface area contributed by atoms with Crippen LogP contribution in [-0.4, -0.2) is 27.2 Å². The second-order valence-electron chi connectivity index (χ2n) is 3.74. The molecule has 0 saturated carbocycles. The third-order valence-electron chi connectivity index (χ3n) is 2.68. The fraction of sp³-hybridized carbons (Fsp3) is 0.500. The second kappa shape index (κ2) is 5.01. The van der Waals surface area contributed by atoms with E-state index in [0.29, 0.717) is 0 Å². The molecule has 1 aromatic rings. The first-order chi connectivity index (χ1) is 6.66. The van der Waals surface area contributed by atoms with Gasteiger partial charge in [0.15, 0.2) is 0 Å². The summed E-state index contributed by atoms with van der Waals surface area (Å²) >= 11 is 0. The van der Waals surface area contributed by atoms with Crippen molar-refractivity contribution in [3.05, 3.63) is 29.3 Å². The van der Waals surface area contributed by atoms with Crippen molar-refractivity contribution in [2.75, 3.05) is 32.1 Å². The maximum Gasteiger partial charge on any atom is 0.0396 e. The van der Waals surface area contributed by atoms with Crippen molar-refractivity contribution in [1.29, 1.82) is 0 Å². The number of nitrogens with zero attached hydrogens (tertiary/aromatic N) is 1. The summed E-state index contributed by atoms with van der Waals surface area (Å²) < 4.78 is 0. The quantitative estimate of drug-likeness (QED) is 0.784. The fourth-order valence-electron chi connectivity index (χ4n) is 1.55. The molecule has 14 heavy (non-hydrogen) atoms. The highest BCUT2D eigenvalue weighted by atomic mass is 15.1. The normalized spacial score (nSPS) is 10.3. The van der Waals surface area contributed by atoms with Crippen LogP contribution in [0, 0.1) is 13.8 Å². The molecule has 0 heterocycles. The van der Waals surface area contributed by atoms with Crippen LogP contribution in [-0.2, 0) is 0 Å². The van der Waals surface area contributed by atoms with Gasteiger partial charge in [-0.25, -0.2) is 0 Å². The zero-order valence-corrected chi connectivity index (χ0v) is 9.59. The predicted molar refractivity (Wildman–Crippen MR) is 63.1 cm³/mol. The molecule has 0 aliphatic heterocycles. The zero-order valence-electron chi connectivity index (χ0n) is 9.59. The average Bonchev–Trinajstić information content (AvgIpc) is 2.18. The maximum atomic E-state index is 3.16. The number of likely N-dealkylation sites (N-methyl/N-ethyl adjacent to an activating group) is 2. The maximum absolute atomic E-state index is 3.16.